The lowest BCUT2D eigenvalue weighted by Gasteiger charge is -2.32. The molecule has 0 saturated carbocycles. The van der Waals surface area contributed by atoms with E-state index in [0.29, 0.717) is 16.6 Å². The van der Waals surface area contributed by atoms with Gasteiger partial charge in [0.1, 0.15) is 17.3 Å². The Balaban J connectivity index is 1.75. The first-order valence-corrected chi connectivity index (χ1v) is 8.09. The largest absolute Gasteiger partial charge is 0.479 e. The molecule has 1 N–H and O–H groups in total. The van der Waals surface area contributed by atoms with Crippen LogP contribution in [-0.4, -0.2) is 34.7 Å². The molecule has 120 valence electrons. The zero-order chi connectivity index (χ0) is 16.4. The second-order valence-corrected chi connectivity index (χ2v) is 6.12. The van der Waals surface area contributed by atoms with Crippen LogP contribution in [-0.2, 0) is 16.0 Å². The highest BCUT2D eigenvalue weighted by Gasteiger charge is 2.32. The summed E-state index contributed by atoms with van der Waals surface area (Å²) in [5.74, 6) is 0.0306. The number of aromatic nitrogens is 2. The van der Waals surface area contributed by atoms with Crippen LogP contribution in [0, 0.1) is 0 Å². The van der Waals surface area contributed by atoms with Gasteiger partial charge in [-0.15, -0.1) is 10.2 Å². The zero-order valence-electron chi connectivity index (χ0n) is 12.8. The van der Waals surface area contributed by atoms with Crippen molar-refractivity contribution in [1.82, 2.24) is 10.2 Å². The van der Waals surface area contributed by atoms with E-state index in [2.05, 4.69) is 15.5 Å². The quantitative estimate of drug-likeness (QED) is 0.924. The van der Waals surface area contributed by atoms with Crippen molar-refractivity contribution < 1.29 is 14.3 Å². The van der Waals surface area contributed by atoms with Gasteiger partial charge in [0.2, 0.25) is 11.0 Å². The van der Waals surface area contributed by atoms with E-state index in [4.69, 9.17) is 4.74 Å². The topological polar surface area (TPSA) is 84.4 Å². The third-order valence-electron chi connectivity index (χ3n) is 3.39. The highest BCUT2D eigenvalue weighted by atomic mass is 32.1. The Kier molecular flexibility index (Phi) is 4.24. The molecule has 1 aliphatic rings. The third-order valence-corrected chi connectivity index (χ3v) is 4.37. The summed E-state index contributed by atoms with van der Waals surface area (Å²) in [4.78, 5) is 26.0. The summed E-state index contributed by atoms with van der Waals surface area (Å²) in [6.45, 7) is 3.54. The molecule has 0 radical (unpaired) electrons. The molecular formula is C15H16N4O3S. The Hall–Kier alpha value is -2.48. The number of ether oxygens (including phenoxy) is 1. The summed E-state index contributed by atoms with van der Waals surface area (Å²) >= 11 is 1.33. The molecule has 0 bridgehead atoms. The lowest BCUT2D eigenvalue weighted by Crippen LogP contribution is -2.47. The minimum absolute atomic E-state index is 0.0927. The molecule has 1 aromatic heterocycles. The summed E-state index contributed by atoms with van der Waals surface area (Å²) in [5, 5.41) is 11.8. The number of hydrogen-bond donors (Lipinski definition) is 1. The number of rotatable bonds is 4. The molecule has 1 aliphatic heterocycles. The van der Waals surface area contributed by atoms with Crippen LogP contribution in [0.4, 0.5) is 10.8 Å². The number of anilines is 2. The van der Waals surface area contributed by atoms with E-state index < -0.39 is 6.10 Å². The van der Waals surface area contributed by atoms with Crippen LogP contribution in [0.1, 0.15) is 18.9 Å². The maximum atomic E-state index is 12.3. The summed E-state index contributed by atoms with van der Waals surface area (Å²) in [6.07, 6.45) is 0.145. The van der Waals surface area contributed by atoms with Gasteiger partial charge in [0.05, 0.1) is 5.69 Å². The molecule has 2 amide bonds. The molecule has 1 atom stereocenters. The molecular weight excluding hydrogens is 316 g/mol. The number of carbonyl (C=O) groups is 2. The average Bonchev–Trinajstić information content (AvgIpc) is 2.99. The normalized spacial score (nSPS) is 16.7. The van der Waals surface area contributed by atoms with Gasteiger partial charge in [0.15, 0.2) is 6.10 Å². The molecule has 0 aliphatic carbocycles. The van der Waals surface area contributed by atoms with Crippen LogP contribution in [0.15, 0.2) is 24.3 Å². The molecule has 23 heavy (non-hydrogen) atoms. The molecule has 0 saturated heterocycles. The molecule has 7 nitrogen and oxygen atoms in total. The molecule has 2 aromatic rings. The van der Waals surface area contributed by atoms with E-state index in [0.717, 1.165) is 11.4 Å². The monoisotopic (exact) mass is 332 g/mol. The van der Waals surface area contributed by atoms with Crippen molar-refractivity contribution in [2.24, 2.45) is 0 Å². The van der Waals surface area contributed by atoms with E-state index in [1.807, 2.05) is 13.0 Å². The Bertz CT molecular complexity index is 746. The second kappa shape index (κ2) is 6.33. The molecule has 0 fully saturated rings. The SMILES string of the molecule is CCc1nnc(NC(=O)CN2C(=O)C(C)Oc3ccccc32)s1. The van der Waals surface area contributed by atoms with Crippen molar-refractivity contribution in [2.45, 2.75) is 26.4 Å². The van der Waals surface area contributed by atoms with Crippen LogP contribution in [0.5, 0.6) is 5.75 Å². The van der Waals surface area contributed by atoms with Gasteiger partial charge in [-0.2, -0.15) is 0 Å². The smallest absolute Gasteiger partial charge is 0.268 e. The average molecular weight is 332 g/mol. The van der Waals surface area contributed by atoms with Crippen molar-refractivity contribution in [3.63, 3.8) is 0 Å². The lowest BCUT2D eigenvalue weighted by molar-refractivity contribution is -0.127. The van der Waals surface area contributed by atoms with Crippen LogP contribution >= 0.6 is 11.3 Å². The molecule has 3 rings (SSSR count). The fraction of sp³-hybridized carbons (Fsp3) is 0.333. The number of benzene rings is 1. The number of nitrogens with one attached hydrogen (secondary N) is 1. The van der Waals surface area contributed by atoms with Crippen molar-refractivity contribution >= 4 is 34.0 Å². The number of carbonyl (C=O) groups excluding carboxylic acids is 2. The minimum atomic E-state index is -0.620. The van der Waals surface area contributed by atoms with Gasteiger partial charge in [-0.25, -0.2) is 0 Å². The first-order valence-electron chi connectivity index (χ1n) is 7.27. The number of nitrogens with zero attached hydrogens (tertiary/aromatic N) is 3. The fourth-order valence-corrected chi connectivity index (χ4v) is 2.97. The summed E-state index contributed by atoms with van der Waals surface area (Å²) < 4.78 is 5.55. The lowest BCUT2D eigenvalue weighted by atomic mass is 10.2. The molecule has 2 heterocycles. The summed E-state index contributed by atoms with van der Waals surface area (Å²) in [6, 6.07) is 7.16. The Morgan fingerprint density at radius 3 is 2.91 bits per heavy atom. The molecule has 0 spiro atoms. The van der Waals surface area contributed by atoms with Gasteiger partial charge >= 0.3 is 0 Å². The van der Waals surface area contributed by atoms with Gasteiger partial charge in [-0.3, -0.25) is 19.8 Å². The maximum absolute atomic E-state index is 12.3. The van der Waals surface area contributed by atoms with Crippen LogP contribution in [0.2, 0.25) is 0 Å². The second-order valence-electron chi connectivity index (χ2n) is 5.05. The Morgan fingerprint density at radius 2 is 2.17 bits per heavy atom. The van der Waals surface area contributed by atoms with Gasteiger partial charge < -0.3 is 4.74 Å². The first kappa shape index (κ1) is 15.4. The fourth-order valence-electron chi connectivity index (χ4n) is 2.27. The van der Waals surface area contributed by atoms with Crippen molar-refractivity contribution in [2.75, 3.05) is 16.8 Å². The van der Waals surface area contributed by atoms with Crippen LogP contribution in [0.25, 0.3) is 0 Å². The van der Waals surface area contributed by atoms with Crippen molar-refractivity contribution in [3.05, 3.63) is 29.3 Å². The standard InChI is InChI=1S/C15H16N4O3S/c1-3-13-17-18-15(23-13)16-12(20)8-19-10-6-4-5-7-11(10)22-9(2)14(19)21/h4-7,9H,3,8H2,1-2H3,(H,16,18,20). The Morgan fingerprint density at radius 1 is 1.39 bits per heavy atom. The van der Waals surface area contributed by atoms with E-state index in [1.165, 1.54) is 16.2 Å². The number of para-hydroxylation sites is 2. The maximum Gasteiger partial charge on any atom is 0.268 e. The zero-order valence-corrected chi connectivity index (χ0v) is 13.6. The van der Waals surface area contributed by atoms with Gasteiger partial charge in [0.25, 0.3) is 5.91 Å². The van der Waals surface area contributed by atoms with Crippen molar-refractivity contribution in [3.8, 4) is 5.75 Å². The highest BCUT2D eigenvalue weighted by Crippen LogP contribution is 2.33. The van der Waals surface area contributed by atoms with Crippen LogP contribution in [0.3, 0.4) is 0 Å². The predicted octanol–water partition coefficient (Wildman–Crippen LogP) is 1.85. The minimum Gasteiger partial charge on any atom is -0.479 e. The number of aryl methyl sites for hydroxylation is 1. The van der Waals surface area contributed by atoms with Crippen LogP contribution < -0.4 is 15.0 Å². The van der Waals surface area contributed by atoms with Crippen molar-refractivity contribution in [1.29, 1.82) is 0 Å². The van der Waals surface area contributed by atoms with E-state index in [9.17, 15) is 9.59 Å². The highest BCUT2D eigenvalue weighted by molar-refractivity contribution is 7.15. The van der Waals surface area contributed by atoms with E-state index in [-0.39, 0.29) is 18.4 Å². The van der Waals surface area contributed by atoms with E-state index in [1.54, 1.807) is 25.1 Å². The summed E-state index contributed by atoms with van der Waals surface area (Å²) in [7, 11) is 0. The third kappa shape index (κ3) is 3.16. The van der Waals surface area contributed by atoms with Gasteiger partial charge in [-0.1, -0.05) is 30.4 Å². The van der Waals surface area contributed by atoms with Gasteiger partial charge in [0, 0.05) is 0 Å². The molecule has 1 unspecified atom stereocenters. The van der Waals surface area contributed by atoms with E-state index >= 15 is 0 Å². The van der Waals surface area contributed by atoms with Gasteiger partial charge in [-0.05, 0) is 25.5 Å². The molecule has 8 heteroatoms. The number of fused-ring (bicyclic) bond motifs is 1. The Labute approximate surface area is 137 Å². The first-order chi connectivity index (χ1) is 11.1. The predicted molar refractivity (Wildman–Crippen MR) is 86.8 cm³/mol. The molecule has 1 aromatic carbocycles. The number of amides is 2. The number of hydrogen-bond acceptors (Lipinski definition) is 6. The summed E-state index contributed by atoms with van der Waals surface area (Å²) in [5.41, 5.74) is 0.595.